The molecule has 4 nitrogen and oxygen atoms in total. The van der Waals surface area contributed by atoms with E-state index in [2.05, 4.69) is 25.7 Å². The van der Waals surface area contributed by atoms with Crippen molar-refractivity contribution < 1.29 is 9.84 Å². The van der Waals surface area contributed by atoms with E-state index in [0.29, 0.717) is 0 Å². The van der Waals surface area contributed by atoms with E-state index in [1.165, 1.54) is 4.88 Å². The molecule has 19 heavy (non-hydrogen) atoms. The topological polar surface area (TPSA) is 45.6 Å². The summed E-state index contributed by atoms with van der Waals surface area (Å²) >= 11 is 1.75. The molecule has 1 fully saturated rings. The van der Waals surface area contributed by atoms with Crippen molar-refractivity contribution in [1.82, 2.24) is 4.98 Å². The van der Waals surface area contributed by atoms with Gasteiger partial charge in [-0.2, -0.15) is 0 Å². The van der Waals surface area contributed by atoms with Crippen molar-refractivity contribution >= 4 is 16.5 Å². The molecule has 0 radical (unpaired) electrons. The average molecular weight is 282 g/mol. The first-order chi connectivity index (χ1) is 8.94. The summed E-state index contributed by atoms with van der Waals surface area (Å²) < 4.78 is 5.93. The third kappa shape index (κ3) is 2.64. The van der Waals surface area contributed by atoms with Crippen LogP contribution in [-0.4, -0.2) is 34.9 Å². The number of ether oxygens (including phenoxy) is 1. The summed E-state index contributed by atoms with van der Waals surface area (Å²) in [5.41, 5.74) is 0.783. The van der Waals surface area contributed by atoms with Crippen molar-refractivity contribution in [1.29, 1.82) is 0 Å². The Morgan fingerprint density at radius 1 is 1.47 bits per heavy atom. The second-order valence-corrected chi connectivity index (χ2v) is 7.34. The van der Waals surface area contributed by atoms with Crippen LogP contribution in [0.5, 0.6) is 0 Å². The molecule has 3 rings (SSSR count). The van der Waals surface area contributed by atoms with Gasteiger partial charge in [0.05, 0.1) is 23.5 Å². The van der Waals surface area contributed by atoms with Gasteiger partial charge in [-0.05, 0) is 40.0 Å². The number of aromatic nitrogens is 1. The maximum atomic E-state index is 10.0. The molecular weight excluding hydrogens is 260 g/mol. The fourth-order valence-corrected chi connectivity index (χ4v) is 4.28. The lowest BCUT2D eigenvalue weighted by Crippen LogP contribution is -2.52. The molecule has 1 aromatic heterocycles. The fraction of sp³-hybridized carbons (Fsp3) is 0.786. The number of fused-ring (bicyclic) bond motifs is 1. The van der Waals surface area contributed by atoms with Gasteiger partial charge in [-0.1, -0.05) is 0 Å². The zero-order valence-electron chi connectivity index (χ0n) is 11.8. The van der Waals surface area contributed by atoms with Crippen LogP contribution in [0.2, 0.25) is 0 Å². The van der Waals surface area contributed by atoms with Gasteiger partial charge < -0.3 is 14.7 Å². The molecule has 1 aliphatic carbocycles. The molecule has 5 heteroatoms. The van der Waals surface area contributed by atoms with E-state index in [9.17, 15) is 5.11 Å². The fourth-order valence-electron chi connectivity index (χ4n) is 3.12. The number of aliphatic hydroxyl groups is 1. The van der Waals surface area contributed by atoms with Gasteiger partial charge in [-0.3, -0.25) is 0 Å². The molecule has 2 aliphatic rings. The van der Waals surface area contributed by atoms with Crippen molar-refractivity contribution in [2.75, 3.05) is 18.0 Å². The first-order valence-electron chi connectivity index (χ1n) is 7.05. The number of anilines is 1. The van der Waals surface area contributed by atoms with E-state index in [0.717, 1.165) is 43.2 Å². The number of hydrogen-bond donors (Lipinski definition) is 1. The highest BCUT2D eigenvalue weighted by Crippen LogP contribution is 2.38. The highest BCUT2D eigenvalue weighted by atomic mass is 32.1. The van der Waals surface area contributed by atoms with Gasteiger partial charge in [0.25, 0.3) is 0 Å². The zero-order valence-corrected chi connectivity index (χ0v) is 12.7. The molecule has 2 atom stereocenters. The van der Waals surface area contributed by atoms with Crippen LogP contribution in [0.3, 0.4) is 0 Å². The summed E-state index contributed by atoms with van der Waals surface area (Å²) in [5, 5.41) is 11.1. The zero-order chi connectivity index (χ0) is 13.6. The molecule has 1 aliphatic heterocycles. The minimum Gasteiger partial charge on any atom is -0.387 e. The van der Waals surface area contributed by atoms with Gasteiger partial charge in [0.15, 0.2) is 5.13 Å². The number of hydrogen-bond acceptors (Lipinski definition) is 5. The number of morpholine rings is 1. The van der Waals surface area contributed by atoms with E-state index in [1.54, 1.807) is 11.3 Å². The predicted octanol–water partition coefficient (Wildman–Crippen LogP) is 2.52. The Bertz CT molecular complexity index is 472. The Morgan fingerprint density at radius 2 is 2.26 bits per heavy atom. The first-order valence-corrected chi connectivity index (χ1v) is 7.87. The molecule has 1 N–H and O–H groups in total. The molecule has 0 saturated carbocycles. The van der Waals surface area contributed by atoms with E-state index in [-0.39, 0.29) is 17.8 Å². The molecule has 2 unspecified atom stereocenters. The molecule has 1 saturated heterocycles. The van der Waals surface area contributed by atoms with Crippen LogP contribution in [0, 0.1) is 0 Å². The van der Waals surface area contributed by atoms with Crippen LogP contribution >= 0.6 is 11.3 Å². The van der Waals surface area contributed by atoms with Gasteiger partial charge in [0.1, 0.15) is 0 Å². The Kier molecular flexibility index (Phi) is 3.31. The van der Waals surface area contributed by atoms with E-state index >= 15 is 0 Å². The van der Waals surface area contributed by atoms with Gasteiger partial charge in [0, 0.05) is 18.0 Å². The SMILES string of the molecule is CC1CN(c2nc3c(s2)CCCC3O)CC(C)(C)O1. The third-order valence-corrected chi connectivity index (χ3v) is 4.94. The largest absolute Gasteiger partial charge is 0.387 e. The quantitative estimate of drug-likeness (QED) is 0.859. The maximum absolute atomic E-state index is 10.0. The number of aryl methyl sites for hydroxylation is 1. The summed E-state index contributed by atoms with van der Waals surface area (Å²) in [6.07, 6.45) is 2.84. The molecule has 0 bridgehead atoms. The lowest BCUT2D eigenvalue weighted by molar-refractivity contribution is -0.0749. The number of aliphatic hydroxyl groups excluding tert-OH is 1. The first kappa shape index (κ1) is 13.3. The van der Waals surface area contributed by atoms with Crippen molar-refractivity contribution in [2.24, 2.45) is 0 Å². The third-order valence-electron chi connectivity index (χ3n) is 3.75. The summed E-state index contributed by atoms with van der Waals surface area (Å²) in [5.74, 6) is 0. The smallest absolute Gasteiger partial charge is 0.186 e. The molecule has 0 aromatic carbocycles. The molecule has 106 valence electrons. The van der Waals surface area contributed by atoms with E-state index in [1.807, 2.05) is 0 Å². The standard InChI is InChI=1S/C14H22N2O2S/c1-9-7-16(8-14(2,3)18-9)13-15-12-10(17)5-4-6-11(12)19-13/h9-10,17H,4-8H2,1-3H3. The monoisotopic (exact) mass is 282 g/mol. The molecule has 0 amide bonds. The molecule has 2 heterocycles. The Hall–Kier alpha value is -0.650. The van der Waals surface area contributed by atoms with Crippen molar-refractivity contribution in [3.63, 3.8) is 0 Å². The van der Waals surface area contributed by atoms with Crippen molar-refractivity contribution in [3.05, 3.63) is 10.6 Å². The molecule has 0 spiro atoms. The highest BCUT2D eigenvalue weighted by molar-refractivity contribution is 7.15. The summed E-state index contributed by atoms with van der Waals surface area (Å²) in [6, 6.07) is 0. The van der Waals surface area contributed by atoms with Crippen LogP contribution in [0.25, 0.3) is 0 Å². The number of thiazole rings is 1. The van der Waals surface area contributed by atoms with Crippen molar-refractivity contribution in [3.8, 4) is 0 Å². The summed E-state index contributed by atoms with van der Waals surface area (Å²) in [6.45, 7) is 8.10. The van der Waals surface area contributed by atoms with Crippen LogP contribution in [-0.2, 0) is 11.2 Å². The predicted molar refractivity (Wildman–Crippen MR) is 76.9 cm³/mol. The second kappa shape index (κ2) is 4.72. The summed E-state index contributed by atoms with van der Waals surface area (Å²) in [4.78, 5) is 8.27. The minimum absolute atomic E-state index is 0.136. The van der Waals surface area contributed by atoms with Crippen molar-refractivity contribution in [2.45, 2.75) is 57.8 Å². The second-order valence-electron chi connectivity index (χ2n) is 6.28. The van der Waals surface area contributed by atoms with Gasteiger partial charge in [-0.15, -0.1) is 11.3 Å². The van der Waals surface area contributed by atoms with Gasteiger partial charge in [-0.25, -0.2) is 4.98 Å². The number of nitrogens with zero attached hydrogens (tertiary/aromatic N) is 2. The van der Waals surface area contributed by atoms with Crippen LogP contribution < -0.4 is 4.90 Å². The Morgan fingerprint density at radius 3 is 2.95 bits per heavy atom. The number of rotatable bonds is 1. The van der Waals surface area contributed by atoms with E-state index in [4.69, 9.17) is 9.72 Å². The summed E-state index contributed by atoms with van der Waals surface area (Å²) in [7, 11) is 0. The van der Waals surface area contributed by atoms with Gasteiger partial charge >= 0.3 is 0 Å². The molecule has 1 aromatic rings. The minimum atomic E-state index is -0.361. The van der Waals surface area contributed by atoms with Crippen LogP contribution in [0.4, 0.5) is 5.13 Å². The van der Waals surface area contributed by atoms with Gasteiger partial charge in [0.2, 0.25) is 0 Å². The Labute approximate surface area is 118 Å². The lowest BCUT2D eigenvalue weighted by Gasteiger charge is -2.41. The average Bonchev–Trinajstić information content (AvgIpc) is 2.71. The molecular formula is C14H22N2O2S. The van der Waals surface area contributed by atoms with Crippen LogP contribution in [0.1, 0.15) is 50.3 Å². The Balaban J connectivity index is 1.86. The van der Waals surface area contributed by atoms with E-state index < -0.39 is 0 Å². The highest BCUT2D eigenvalue weighted by Gasteiger charge is 2.34. The normalized spacial score (nSPS) is 30.2. The lowest BCUT2D eigenvalue weighted by atomic mass is 10.0. The maximum Gasteiger partial charge on any atom is 0.186 e. The van der Waals surface area contributed by atoms with Crippen LogP contribution in [0.15, 0.2) is 0 Å².